The Bertz CT molecular complexity index is 642. The Balaban J connectivity index is 1.95. The first-order chi connectivity index (χ1) is 10.2. The maximum absolute atomic E-state index is 14.0. The average molecular weight is 293 g/mol. The minimum Gasteiger partial charge on any atom is -0.396 e. The van der Waals surface area contributed by atoms with Gasteiger partial charge in [0.2, 0.25) is 0 Å². The second-order valence-corrected chi connectivity index (χ2v) is 5.19. The molecule has 112 valence electrons. The second-order valence-electron chi connectivity index (χ2n) is 5.19. The van der Waals surface area contributed by atoms with Crippen molar-refractivity contribution in [3.05, 3.63) is 47.2 Å². The van der Waals surface area contributed by atoms with Gasteiger partial charge >= 0.3 is 0 Å². The molecule has 0 spiro atoms. The van der Waals surface area contributed by atoms with Crippen molar-refractivity contribution >= 4 is 5.82 Å². The van der Waals surface area contributed by atoms with Crippen molar-refractivity contribution in [1.82, 2.24) is 9.78 Å². The van der Waals surface area contributed by atoms with E-state index in [0.717, 1.165) is 23.9 Å². The molecule has 4 nitrogen and oxygen atoms in total. The van der Waals surface area contributed by atoms with Crippen LogP contribution in [0.25, 0.3) is 0 Å². The number of rotatable bonds is 4. The number of aromatic nitrogens is 2. The molecule has 2 aromatic rings. The van der Waals surface area contributed by atoms with Gasteiger partial charge in [0.15, 0.2) is 0 Å². The lowest BCUT2D eigenvalue weighted by atomic mass is 10.0. The molecule has 2 heterocycles. The highest BCUT2D eigenvalue weighted by atomic mass is 19.1. The fraction of sp³-hybridized carbons (Fsp3) is 0.400. The van der Waals surface area contributed by atoms with Gasteiger partial charge in [0, 0.05) is 30.3 Å². The number of fused-ring (bicyclic) bond motifs is 1. The summed E-state index contributed by atoms with van der Waals surface area (Å²) in [6.45, 7) is 0.833. The minimum atomic E-state index is -0.575. The summed E-state index contributed by atoms with van der Waals surface area (Å²) >= 11 is 0. The number of hydrogen-bond acceptors (Lipinski definition) is 3. The van der Waals surface area contributed by atoms with Crippen LogP contribution in [0.1, 0.15) is 30.0 Å². The fourth-order valence-electron chi connectivity index (χ4n) is 2.79. The Morgan fingerprint density at radius 1 is 1.38 bits per heavy atom. The Morgan fingerprint density at radius 3 is 3.00 bits per heavy atom. The van der Waals surface area contributed by atoms with Crippen LogP contribution in [-0.2, 0) is 6.42 Å². The van der Waals surface area contributed by atoms with Crippen LogP contribution < -0.4 is 5.32 Å². The van der Waals surface area contributed by atoms with Crippen LogP contribution in [0.2, 0.25) is 0 Å². The highest BCUT2D eigenvalue weighted by Crippen LogP contribution is 2.33. The van der Waals surface area contributed by atoms with E-state index >= 15 is 0 Å². The molecule has 21 heavy (non-hydrogen) atoms. The molecule has 1 aromatic carbocycles. The first-order valence-electron chi connectivity index (χ1n) is 7.06. The van der Waals surface area contributed by atoms with Crippen molar-refractivity contribution in [2.24, 2.45) is 0 Å². The summed E-state index contributed by atoms with van der Waals surface area (Å²) in [7, 11) is 0. The molecular formula is C15H17F2N3O. The van der Waals surface area contributed by atoms with Gasteiger partial charge in [0.25, 0.3) is 0 Å². The molecule has 0 fully saturated rings. The number of benzene rings is 1. The lowest BCUT2D eigenvalue weighted by molar-refractivity contribution is 0.288. The summed E-state index contributed by atoms with van der Waals surface area (Å²) in [6.07, 6.45) is 3.82. The summed E-state index contributed by atoms with van der Waals surface area (Å²) in [5.41, 5.74) is 1.47. The lowest BCUT2D eigenvalue weighted by Gasteiger charge is -2.27. The van der Waals surface area contributed by atoms with Gasteiger partial charge in [-0.25, -0.2) is 13.5 Å². The van der Waals surface area contributed by atoms with Crippen molar-refractivity contribution in [2.75, 3.05) is 18.5 Å². The van der Waals surface area contributed by atoms with Crippen molar-refractivity contribution in [3.8, 4) is 0 Å². The van der Waals surface area contributed by atoms with E-state index in [9.17, 15) is 8.78 Å². The lowest BCUT2D eigenvalue weighted by Crippen LogP contribution is -2.25. The predicted molar refractivity (Wildman–Crippen MR) is 75.2 cm³/mol. The van der Waals surface area contributed by atoms with Crippen LogP contribution in [0.5, 0.6) is 0 Å². The Kier molecular flexibility index (Phi) is 3.88. The van der Waals surface area contributed by atoms with Crippen molar-refractivity contribution < 1.29 is 13.9 Å². The van der Waals surface area contributed by atoms with Crippen LogP contribution >= 0.6 is 0 Å². The molecule has 1 aromatic heterocycles. The molecule has 3 rings (SSSR count). The highest BCUT2D eigenvalue weighted by molar-refractivity contribution is 5.47. The monoisotopic (exact) mass is 293 g/mol. The number of aliphatic hydroxyl groups excluding tert-OH is 1. The number of nitrogens with zero attached hydrogens (tertiary/aromatic N) is 2. The van der Waals surface area contributed by atoms with E-state index in [1.54, 1.807) is 10.9 Å². The van der Waals surface area contributed by atoms with E-state index in [1.807, 2.05) is 0 Å². The zero-order valence-electron chi connectivity index (χ0n) is 11.5. The van der Waals surface area contributed by atoms with E-state index in [-0.39, 0.29) is 12.6 Å². The van der Waals surface area contributed by atoms with Gasteiger partial charge in [-0.1, -0.05) is 6.07 Å². The third-order valence-electron chi connectivity index (χ3n) is 3.80. The van der Waals surface area contributed by atoms with Crippen molar-refractivity contribution in [2.45, 2.75) is 25.3 Å². The van der Waals surface area contributed by atoms with E-state index in [1.165, 1.54) is 12.1 Å². The highest BCUT2D eigenvalue weighted by Gasteiger charge is 2.26. The van der Waals surface area contributed by atoms with Gasteiger partial charge in [-0.15, -0.1) is 0 Å². The van der Waals surface area contributed by atoms with Gasteiger partial charge in [0.1, 0.15) is 17.5 Å². The van der Waals surface area contributed by atoms with Gasteiger partial charge < -0.3 is 10.4 Å². The number of aryl methyl sites for hydroxylation is 1. The van der Waals surface area contributed by atoms with Crippen LogP contribution in [0.15, 0.2) is 24.4 Å². The van der Waals surface area contributed by atoms with Gasteiger partial charge in [-0.05, 0) is 25.3 Å². The zero-order chi connectivity index (χ0) is 14.8. The molecule has 0 bridgehead atoms. The summed E-state index contributed by atoms with van der Waals surface area (Å²) in [5.74, 6) is -0.252. The molecule has 6 heteroatoms. The first-order valence-corrected chi connectivity index (χ1v) is 7.06. The van der Waals surface area contributed by atoms with Gasteiger partial charge in [-0.2, -0.15) is 5.10 Å². The zero-order valence-corrected chi connectivity index (χ0v) is 11.5. The molecule has 0 amide bonds. The Hall–Kier alpha value is -1.95. The summed E-state index contributed by atoms with van der Waals surface area (Å²) in [4.78, 5) is 0. The van der Waals surface area contributed by atoms with E-state index in [4.69, 9.17) is 5.11 Å². The van der Waals surface area contributed by atoms with Crippen molar-refractivity contribution in [1.29, 1.82) is 0 Å². The maximum Gasteiger partial charge on any atom is 0.131 e. The normalized spacial score (nSPS) is 17.4. The molecule has 0 saturated carbocycles. The van der Waals surface area contributed by atoms with Crippen LogP contribution in [0.3, 0.4) is 0 Å². The molecular weight excluding hydrogens is 276 g/mol. The fourth-order valence-corrected chi connectivity index (χ4v) is 2.79. The Morgan fingerprint density at radius 2 is 2.24 bits per heavy atom. The number of halogens is 2. The number of anilines is 1. The molecule has 0 aliphatic carbocycles. The maximum atomic E-state index is 14.0. The summed E-state index contributed by atoms with van der Waals surface area (Å²) in [6, 6.07) is 3.44. The smallest absolute Gasteiger partial charge is 0.131 e. The molecule has 1 unspecified atom stereocenters. The average Bonchev–Trinajstić information content (AvgIpc) is 2.88. The van der Waals surface area contributed by atoms with Crippen LogP contribution in [0.4, 0.5) is 14.6 Å². The largest absolute Gasteiger partial charge is 0.396 e. The molecule has 1 atom stereocenters. The molecule has 0 saturated heterocycles. The first kappa shape index (κ1) is 14.0. The van der Waals surface area contributed by atoms with Crippen molar-refractivity contribution in [3.63, 3.8) is 0 Å². The topological polar surface area (TPSA) is 50.1 Å². The van der Waals surface area contributed by atoms with E-state index in [0.29, 0.717) is 24.9 Å². The van der Waals surface area contributed by atoms with E-state index < -0.39 is 11.6 Å². The summed E-state index contributed by atoms with van der Waals surface area (Å²) < 4.78 is 28.8. The predicted octanol–water partition coefficient (Wildman–Crippen LogP) is 2.49. The number of aliphatic hydroxyl groups is 1. The second kappa shape index (κ2) is 5.81. The quantitative estimate of drug-likeness (QED) is 0.910. The van der Waals surface area contributed by atoms with Crippen LogP contribution in [-0.4, -0.2) is 28.0 Å². The minimum absolute atomic E-state index is 0.126. The van der Waals surface area contributed by atoms with Crippen LogP contribution in [0, 0.1) is 11.6 Å². The SMILES string of the molecule is OCCCc1cnn2c1NCCC2c1ccc(F)cc1F. The molecule has 2 N–H and O–H groups in total. The number of nitrogens with one attached hydrogen (secondary N) is 1. The molecule has 1 aliphatic rings. The van der Waals surface area contributed by atoms with E-state index in [2.05, 4.69) is 10.4 Å². The summed E-state index contributed by atoms with van der Waals surface area (Å²) in [5, 5.41) is 16.5. The third-order valence-corrected chi connectivity index (χ3v) is 3.80. The third kappa shape index (κ3) is 2.63. The van der Waals surface area contributed by atoms with Gasteiger partial charge in [0.05, 0.1) is 12.2 Å². The van der Waals surface area contributed by atoms with Gasteiger partial charge in [-0.3, -0.25) is 0 Å². The number of hydrogen-bond donors (Lipinski definition) is 2. The molecule has 1 aliphatic heterocycles. The molecule has 0 radical (unpaired) electrons. The Labute approximate surface area is 121 Å². The standard InChI is InChI=1S/C15H17F2N3O/c16-11-3-4-12(13(17)8-11)14-5-6-18-15-10(2-1-7-21)9-19-20(14)15/h3-4,8-9,14,18,21H,1-2,5-7H2.